The number of nitrogens with zero attached hydrogens (tertiary/aromatic N) is 2. The van der Waals surface area contributed by atoms with E-state index < -0.39 is 15.8 Å². The second-order valence-electron chi connectivity index (χ2n) is 7.83. The first-order valence-electron chi connectivity index (χ1n) is 10.7. The summed E-state index contributed by atoms with van der Waals surface area (Å²) >= 11 is 0. The van der Waals surface area contributed by atoms with E-state index in [1.165, 1.54) is 53.7 Å². The molecule has 2 aromatic carbocycles. The third-order valence-electron chi connectivity index (χ3n) is 5.61. The highest BCUT2D eigenvalue weighted by molar-refractivity contribution is 7.89. The largest absolute Gasteiger partial charge is 0.457 e. The van der Waals surface area contributed by atoms with Gasteiger partial charge in [-0.15, -0.1) is 0 Å². The number of carbonyl (C=O) groups excluding carboxylic acids is 2. The van der Waals surface area contributed by atoms with Crippen molar-refractivity contribution in [1.82, 2.24) is 9.21 Å². The van der Waals surface area contributed by atoms with E-state index in [9.17, 15) is 22.4 Å². The molecule has 0 spiro atoms. The van der Waals surface area contributed by atoms with Crippen LogP contribution in [-0.4, -0.2) is 55.5 Å². The lowest BCUT2D eigenvalue weighted by atomic mass is 10.1. The van der Waals surface area contributed by atoms with Crippen LogP contribution < -0.4 is 0 Å². The SMILES string of the molecule is CC(=O)c1ccc(S(=O)(=O)N2CCN(C(=O)C=Cc3ccc(-c4ccccc4F)o3)CC2)cc1. The highest BCUT2D eigenvalue weighted by Gasteiger charge is 2.29. The van der Waals surface area contributed by atoms with E-state index in [2.05, 4.69) is 0 Å². The van der Waals surface area contributed by atoms with Crippen molar-refractivity contribution in [3.8, 4) is 11.3 Å². The Morgan fingerprint density at radius 3 is 2.26 bits per heavy atom. The van der Waals surface area contributed by atoms with Crippen molar-refractivity contribution in [2.75, 3.05) is 26.2 Å². The maximum Gasteiger partial charge on any atom is 0.246 e. The minimum absolute atomic E-state index is 0.112. The van der Waals surface area contributed by atoms with E-state index in [4.69, 9.17) is 4.42 Å². The first-order valence-corrected chi connectivity index (χ1v) is 12.1. The van der Waals surface area contributed by atoms with Crippen molar-refractivity contribution in [2.24, 2.45) is 0 Å². The van der Waals surface area contributed by atoms with Gasteiger partial charge < -0.3 is 9.32 Å². The maximum absolute atomic E-state index is 13.9. The van der Waals surface area contributed by atoms with Gasteiger partial charge in [0.2, 0.25) is 15.9 Å². The Kier molecular flexibility index (Phi) is 6.76. The summed E-state index contributed by atoms with van der Waals surface area (Å²) in [6.45, 7) is 2.23. The molecule has 0 bridgehead atoms. The summed E-state index contributed by atoms with van der Waals surface area (Å²) < 4.78 is 46.6. The number of piperazine rings is 1. The van der Waals surface area contributed by atoms with Gasteiger partial charge in [-0.2, -0.15) is 4.31 Å². The minimum Gasteiger partial charge on any atom is -0.457 e. The van der Waals surface area contributed by atoms with Gasteiger partial charge in [-0.25, -0.2) is 12.8 Å². The summed E-state index contributed by atoms with van der Waals surface area (Å²) in [7, 11) is -3.72. The summed E-state index contributed by atoms with van der Waals surface area (Å²) in [6, 6.07) is 15.4. The number of benzene rings is 2. The lowest BCUT2D eigenvalue weighted by Gasteiger charge is -2.33. The van der Waals surface area contributed by atoms with Crippen LogP contribution in [0.25, 0.3) is 17.4 Å². The van der Waals surface area contributed by atoms with Crippen LogP contribution in [0.15, 0.2) is 76.1 Å². The van der Waals surface area contributed by atoms with Crippen molar-refractivity contribution in [2.45, 2.75) is 11.8 Å². The van der Waals surface area contributed by atoms with Crippen LogP contribution >= 0.6 is 0 Å². The summed E-state index contributed by atoms with van der Waals surface area (Å²) in [6.07, 6.45) is 2.86. The molecule has 176 valence electrons. The molecule has 0 unspecified atom stereocenters. The zero-order valence-corrected chi connectivity index (χ0v) is 19.3. The fourth-order valence-corrected chi connectivity index (χ4v) is 5.09. The first-order chi connectivity index (χ1) is 16.3. The van der Waals surface area contributed by atoms with Crippen molar-refractivity contribution in [1.29, 1.82) is 0 Å². The van der Waals surface area contributed by atoms with Gasteiger partial charge in [0, 0.05) is 37.8 Å². The van der Waals surface area contributed by atoms with Gasteiger partial charge in [-0.3, -0.25) is 9.59 Å². The zero-order valence-electron chi connectivity index (χ0n) is 18.5. The van der Waals surface area contributed by atoms with Gasteiger partial charge in [0.05, 0.1) is 10.5 Å². The molecular weight excluding hydrogens is 459 g/mol. The molecule has 0 atom stereocenters. The molecule has 1 saturated heterocycles. The van der Waals surface area contributed by atoms with E-state index in [-0.39, 0.29) is 42.8 Å². The molecule has 34 heavy (non-hydrogen) atoms. The average Bonchev–Trinajstić information content (AvgIpc) is 3.31. The number of carbonyl (C=O) groups is 2. The molecule has 1 aliphatic rings. The Hall–Kier alpha value is -3.56. The van der Waals surface area contributed by atoms with Crippen LogP contribution in [0.5, 0.6) is 0 Å². The van der Waals surface area contributed by atoms with Crippen LogP contribution in [-0.2, 0) is 14.8 Å². The summed E-state index contributed by atoms with van der Waals surface area (Å²) in [5, 5.41) is 0. The molecule has 2 heterocycles. The van der Waals surface area contributed by atoms with Crippen molar-refractivity contribution >= 4 is 27.8 Å². The van der Waals surface area contributed by atoms with Gasteiger partial charge in [-0.05, 0) is 49.4 Å². The van der Waals surface area contributed by atoms with E-state index in [1.54, 1.807) is 35.2 Å². The number of halogens is 1. The molecule has 7 nitrogen and oxygen atoms in total. The van der Waals surface area contributed by atoms with E-state index in [0.717, 1.165) is 0 Å². The standard InChI is InChI=1S/C25H23FN2O5S/c1-18(29)19-6-10-21(11-7-19)34(31,32)28-16-14-27(15-17-28)25(30)13-9-20-8-12-24(33-20)22-4-2-3-5-23(22)26/h2-13H,14-17H2,1H3. The normalized spacial score (nSPS) is 15.1. The van der Waals surface area contributed by atoms with Crippen LogP contribution in [0.2, 0.25) is 0 Å². The molecule has 0 radical (unpaired) electrons. The number of rotatable bonds is 6. The smallest absolute Gasteiger partial charge is 0.246 e. The number of furan rings is 1. The number of sulfonamides is 1. The Morgan fingerprint density at radius 2 is 1.62 bits per heavy atom. The second kappa shape index (κ2) is 9.74. The predicted molar refractivity (Wildman–Crippen MR) is 125 cm³/mol. The lowest BCUT2D eigenvalue weighted by Crippen LogP contribution is -2.50. The minimum atomic E-state index is -3.72. The molecular formula is C25H23FN2O5S. The molecule has 4 rings (SSSR count). The predicted octanol–water partition coefficient (Wildman–Crippen LogP) is 3.83. The molecule has 0 aliphatic carbocycles. The average molecular weight is 483 g/mol. The van der Waals surface area contributed by atoms with Gasteiger partial charge in [0.15, 0.2) is 5.78 Å². The molecule has 0 N–H and O–H groups in total. The molecule has 1 aromatic heterocycles. The number of hydrogen-bond acceptors (Lipinski definition) is 5. The summed E-state index contributed by atoms with van der Waals surface area (Å²) in [5.41, 5.74) is 0.778. The van der Waals surface area contributed by atoms with Gasteiger partial charge in [-0.1, -0.05) is 24.3 Å². The second-order valence-corrected chi connectivity index (χ2v) is 9.76. The topological polar surface area (TPSA) is 87.9 Å². The summed E-state index contributed by atoms with van der Waals surface area (Å²) in [5.74, 6) is -0.0397. The van der Waals surface area contributed by atoms with Crippen LogP contribution in [0.3, 0.4) is 0 Å². The first kappa shape index (κ1) is 23.6. The maximum atomic E-state index is 13.9. The molecule has 1 aliphatic heterocycles. The van der Waals surface area contributed by atoms with Crippen LogP contribution in [0.1, 0.15) is 23.0 Å². The van der Waals surface area contributed by atoms with Gasteiger partial charge >= 0.3 is 0 Å². The number of amides is 1. The number of hydrogen-bond donors (Lipinski definition) is 0. The molecule has 1 amide bonds. The van der Waals surface area contributed by atoms with E-state index >= 15 is 0 Å². The fraction of sp³-hybridized carbons (Fsp3) is 0.200. The molecule has 0 saturated carbocycles. The van der Waals surface area contributed by atoms with Crippen molar-refractivity contribution < 1.29 is 26.8 Å². The molecule has 1 fully saturated rings. The molecule has 9 heteroatoms. The quantitative estimate of drug-likeness (QED) is 0.394. The number of ketones is 1. The highest BCUT2D eigenvalue weighted by Crippen LogP contribution is 2.25. The van der Waals surface area contributed by atoms with Crippen LogP contribution in [0.4, 0.5) is 4.39 Å². The molecule has 3 aromatic rings. The third-order valence-corrected chi connectivity index (χ3v) is 7.52. The van der Waals surface area contributed by atoms with Crippen LogP contribution in [0, 0.1) is 5.82 Å². The van der Waals surface area contributed by atoms with Gasteiger partial charge in [0.1, 0.15) is 17.3 Å². The van der Waals surface area contributed by atoms with E-state index in [1.807, 2.05) is 0 Å². The Bertz CT molecular complexity index is 1340. The highest BCUT2D eigenvalue weighted by atomic mass is 32.2. The van der Waals surface area contributed by atoms with Crippen molar-refractivity contribution in [3.05, 3.63) is 83.9 Å². The number of Topliss-reactive ketones (excluding diaryl/α,β-unsaturated/α-hetero) is 1. The monoisotopic (exact) mass is 482 g/mol. The Balaban J connectivity index is 1.36. The van der Waals surface area contributed by atoms with E-state index in [0.29, 0.717) is 22.6 Å². The Morgan fingerprint density at radius 1 is 0.941 bits per heavy atom. The zero-order chi connectivity index (χ0) is 24.3. The van der Waals surface area contributed by atoms with Crippen molar-refractivity contribution in [3.63, 3.8) is 0 Å². The fourth-order valence-electron chi connectivity index (χ4n) is 3.67. The third kappa shape index (κ3) is 5.00. The summed E-state index contributed by atoms with van der Waals surface area (Å²) in [4.78, 5) is 25.6. The Labute approximate surface area is 197 Å². The van der Waals surface area contributed by atoms with Gasteiger partial charge in [0.25, 0.3) is 0 Å². The lowest BCUT2D eigenvalue weighted by molar-refractivity contribution is -0.127.